The number of amides is 1. The fourth-order valence-electron chi connectivity index (χ4n) is 0.891. The van der Waals surface area contributed by atoms with Crippen LogP contribution in [0.4, 0.5) is 0 Å². The van der Waals surface area contributed by atoms with Crippen molar-refractivity contribution in [2.24, 2.45) is 0 Å². The Morgan fingerprint density at radius 2 is 2.33 bits per heavy atom. The molecule has 6 heteroatoms. The highest BCUT2D eigenvalue weighted by Gasteiger charge is 2.06. The number of hydrogen-bond donors (Lipinski definition) is 2. The van der Waals surface area contributed by atoms with Crippen molar-refractivity contribution in [3.8, 4) is 0 Å². The van der Waals surface area contributed by atoms with Gasteiger partial charge in [0.1, 0.15) is 6.61 Å². The third-order valence-electron chi connectivity index (χ3n) is 1.50. The van der Waals surface area contributed by atoms with Crippen LogP contribution in [0, 0.1) is 0 Å². The molecule has 0 bridgehead atoms. The number of carbonyl (C=O) groups excluding carboxylic acids is 1. The third kappa shape index (κ3) is 4.28. The van der Waals surface area contributed by atoms with Crippen LogP contribution in [-0.2, 0) is 9.53 Å². The number of rotatable bonds is 6. The Hall–Kier alpha value is -1.82. The largest absolute Gasteiger partial charge is 0.480 e. The zero-order valence-corrected chi connectivity index (χ0v) is 7.93. The van der Waals surface area contributed by atoms with E-state index in [0.717, 1.165) is 0 Å². The van der Waals surface area contributed by atoms with Gasteiger partial charge in [-0.1, -0.05) is 0 Å². The van der Waals surface area contributed by atoms with Crippen LogP contribution in [-0.4, -0.2) is 36.7 Å². The number of hydrogen-bond acceptors (Lipinski definition) is 4. The SMILES string of the molecule is O=C(O)COCCNC(=O)c1ccco1. The molecule has 0 aliphatic heterocycles. The van der Waals surface area contributed by atoms with Crippen molar-refractivity contribution in [3.05, 3.63) is 24.2 Å². The molecule has 1 amide bonds. The summed E-state index contributed by atoms with van der Waals surface area (Å²) in [5, 5.41) is 10.8. The van der Waals surface area contributed by atoms with Gasteiger partial charge in [0, 0.05) is 6.54 Å². The Morgan fingerprint density at radius 3 is 2.93 bits per heavy atom. The highest BCUT2D eigenvalue weighted by Crippen LogP contribution is 1.98. The quantitative estimate of drug-likeness (QED) is 0.655. The van der Waals surface area contributed by atoms with E-state index < -0.39 is 5.97 Å². The Kier molecular flexibility index (Phi) is 4.36. The fraction of sp³-hybridized carbons (Fsp3) is 0.333. The van der Waals surface area contributed by atoms with Gasteiger partial charge >= 0.3 is 5.97 Å². The van der Waals surface area contributed by atoms with Gasteiger partial charge < -0.3 is 19.6 Å². The number of furan rings is 1. The van der Waals surface area contributed by atoms with Gasteiger partial charge in [-0.15, -0.1) is 0 Å². The molecule has 1 aromatic heterocycles. The molecule has 1 heterocycles. The summed E-state index contributed by atoms with van der Waals surface area (Å²) in [6.07, 6.45) is 1.40. The minimum Gasteiger partial charge on any atom is -0.480 e. The number of carboxylic acid groups (broad SMARTS) is 1. The van der Waals surface area contributed by atoms with Gasteiger partial charge in [0.15, 0.2) is 5.76 Å². The van der Waals surface area contributed by atoms with Crippen molar-refractivity contribution in [2.75, 3.05) is 19.8 Å². The molecule has 15 heavy (non-hydrogen) atoms. The van der Waals surface area contributed by atoms with Crippen molar-refractivity contribution >= 4 is 11.9 Å². The van der Waals surface area contributed by atoms with E-state index >= 15 is 0 Å². The van der Waals surface area contributed by atoms with E-state index in [1.807, 2.05) is 0 Å². The second-order valence-corrected chi connectivity index (χ2v) is 2.68. The summed E-state index contributed by atoms with van der Waals surface area (Å²) in [4.78, 5) is 21.3. The van der Waals surface area contributed by atoms with Crippen molar-refractivity contribution < 1.29 is 23.8 Å². The molecule has 0 aromatic carbocycles. The zero-order chi connectivity index (χ0) is 11.1. The molecule has 82 valence electrons. The van der Waals surface area contributed by atoms with Crippen molar-refractivity contribution in [1.82, 2.24) is 5.32 Å². The van der Waals surface area contributed by atoms with E-state index in [0.29, 0.717) is 0 Å². The number of nitrogens with one attached hydrogen (secondary N) is 1. The third-order valence-corrected chi connectivity index (χ3v) is 1.50. The summed E-state index contributed by atoms with van der Waals surface area (Å²) in [7, 11) is 0. The first-order valence-electron chi connectivity index (χ1n) is 4.31. The molecular weight excluding hydrogens is 202 g/mol. The van der Waals surface area contributed by atoms with Gasteiger partial charge in [0.2, 0.25) is 0 Å². The van der Waals surface area contributed by atoms with Crippen LogP contribution in [0.2, 0.25) is 0 Å². The molecule has 0 radical (unpaired) electrons. The average molecular weight is 213 g/mol. The lowest BCUT2D eigenvalue weighted by Gasteiger charge is -2.02. The van der Waals surface area contributed by atoms with Crippen LogP contribution in [0.3, 0.4) is 0 Å². The lowest BCUT2D eigenvalue weighted by molar-refractivity contribution is -0.142. The molecule has 1 rings (SSSR count). The van der Waals surface area contributed by atoms with E-state index in [2.05, 4.69) is 5.32 Å². The van der Waals surface area contributed by atoms with Gasteiger partial charge in [-0.25, -0.2) is 4.79 Å². The van der Waals surface area contributed by atoms with Gasteiger partial charge in [0.05, 0.1) is 12.9 Å². The molecule has 0 saturated heterocycles. The molecule has 2 N–H and O–H groups in total. The number of carboxylic acids is 1. The molecular formula is C9H11NO5. The highest BCUT2D eigenvalue weighted by atomic mass is 16.5. The lowest BCUT2D eigenvalue weighted by atomic mass is 10.4. The van der Waals surface area contributed by atoms with Crippen LogP contribution in [0.1, 0.15) is 10.6 Å². The predicted octanol–water partition coefficient (Wildman–Crippen LogP) is 0.111. The fourth-order valence-corrected chi connectivity index (χ4v) is 0.891. The summed E-state index contributed by atoms with van der Waals surface area (Å²) in [6, 6.07) is 3.14. The molecule has 0 atom stereocenters. The van der Waals surface area contributed by atoms with Gasteiger partial charge in [-0.2, -0.15) is 0 Å². The van der Waals surface area contributed by atoms with Crippen molar-refractivity contribution in [3.63, 3.8) is 0 Å². The molecule has 1 aromatic rings. The summed E-state index contributed by atoms with van der Waals surface area (Å²) >= 11 is 0. The molecule has 0 fully saturated rings. The molecule has 0 unspecified atom stereocenters. The summed E-state index contributed by atoms with van der Waals surface area (Å²) in [5.41, 5.74) is 0. The molecule has 0 aliphatic carbocycles. The standard InChI is InChI=1S/C9H11NO5/c11-8(12)6-14-5-3-10-9(13)7-2-1-4-15-7/h1-2,4H,3,5-6H2,(H,10,13)(H,11,12). The van der Waals surface area contributed by atoms with Crippen molar-refractivity contribution in [2.45, 2.75) is 0 Å². The smallest absolute Gasteiger partial charge is 0.329 e. The normalized spacial score (nSPS) is 9.87. The first-order valence-corrected chi connectivity index (χ1v) is 4.31. The topological polar surface area (TPSA) is 88.8 Å². The second-order valence-electron chi connectivity index (χ2n) is 2.68. The van der Waals surface area contributed by atoms with E-state index in [1.165, 1.54) is 12.3 Å². The van der Waals surface area contributed by atoms with E-state index in [1.54, 1.807) is 6.07 Å². The lowest BCUT2D eigenvalue weighted by Crippen LogP contribution is -2.27. The zero-order valence-electron chi connectivity index (χ0n) is 7.93. The summed E-state index contributed by atoms with van der Waals surface area (Å²) in [5.74, 6) is -1.17. The van der Waals surface area contributed by atoms with Crippen LogP contribution in [0.5, 0.6) is 0 Å². The summed E-state index contributed by atoms with van der Waals surface area (Å²) < 4.78 is 9.56. The van der Waals surface area contributed by atoms with Crippen molar-refractivity contribution in [1.29, 1.82) is 0 Å². The van der Waals surface area contributed by atoms with Gasteiger partial charge in [-0.05, 0) is 12.1 Å². The van der Waals surface area contributed by atoms with Crippen LogP contribution in [0.15, 0.2) is 22.8 Å². The Labute approximate surface area is 85.8 Å². The maximum Gasteiger partial charge on any atom is 0.329 e. The second kappa shape index (κ2) is 5.82. The Morgan fingerprint density at radius 1 is 1.53 bits per heavy atom. The number of carbonyl (C=O) groups is 2. The highest BCUT2D eigenvalue weighted by molar-refractivity contribution is 5.91. The molecule has 0 saturated carbocycles. The maximum absolute atomic E-state index is 11.2. The Balaban J connectivity index is 2.10. The van der Waals surface area contributed by atoms with E-state index in [4.69, 9.17) is 14.3 Å². The molecule has 0 spiro atoms. The monoisotopic (exact) mass is 213 g/mol. The average Bonchev–Trinajstić information content (AvgIpc) is 2.69. The van der Waals surface area contributed by atoms with E-state index in [-0.39, 0.29) is 31.4 Å². The van der Waals surface area contributed by atoms with Crippen LogP contribution >= 0.6 is 0 Å². The number of ether oxygens (including phenoxy) is 1. The minimum absolute atomic E-state index is 0.152. The van der Waals surface area contributed by atoms with Gasteiger partial charge in [-0.3, -0.25) is 4.79 Å². The van der Waals surface area contributed by atoms with E-state index in [9.17, 15) is 9.59 Å². The maximum atomic E-state index is 11.2. The molecule has 6 nitrogen and oxygen atoms in total. The Bertz CT molecular complexity index is 319. The van der Waals surface area contributed by atoms with Crippen LogP contribution in [0.25, 0.3) is 0 Å². The predicted molar refractivity (Wildman–Crippen MR) is 49.5 cm³/mol. The first-order chi connectivity index (χ1) is 7.20. The van der Waals surface area contributed by atoms with Crippen LogP contribution < -0.4 is 5.32 Å². The molecule has 0 aliphatic rings. The minimum atomic E-state index is -1.03. The summed E-state index contributed by atoms with van der Waals surface area (Å²) in [6.45, 7) is 0.0299. The first kappa shape index (κ1) is 11.3. The van der Waals surface area contributed by atoms with Gasteiger partial charge in [0.25, 0.3) is 5.91 Å². The number of aliphatic carboxylic acids is 1.